The number of aryl methyl sites for hydroxylation is 1. The number of carbonyl (C=O) groups excluding carboxylic acids is 1. The third-order valence-electron chi connectivity index (χ3n) is 3.65. The first kappa shape index (κ1) is 14.5. The monoisotopic (exact) mass is 302 g/mol. The molecule has 1 atom stereocenters. The van der Waals surface area contributed by atoms with E-state index >= 15 is 0 Å². The molecule has 2 aromatic rings. The first-order valence-corrected chi connectivity index (χ1v) is 7.14. The molecule has 3 heterocycles. The van der Waals surface area contributed by atoms with Crippen LogP contribution in [-0.2, 0) is 4.74 Å². The number of anilines is 1. The Balaban J connectivity index is 1.76. The average molecular weight is 302 g/mol. The number of nitrogens with zero attached hydrogens (tertiary/aromatic N) is 3. The Morgan fingerprint density at radius 1 is 1.45 bits per heavy atom. The van der Waals surface area contributed by atoms with Crippen molar-refractivity contribution in [2.24, 2.45) is 0 Å². The van der Waals surface area contributed by atoms with Crippen LogP contribution >= 0.6 is 0 Å². The lowest BCUT2D eigenvalue weighted by Crippen LogP contribution is -2.42. The molecule has 0 radical (unpaired) electrons. The van der Waals surface area contributed by atoms with Gasteiger partial charge >= 0.3 is 0 Å². The second-order valence-electron chi connectivity index (χ2n) is 5.08. The Kier molecular flexibility index (Phi) is 4.06. The summed E-state index contributed by atoms with van der Waals surface area (Å²) in [5.74, 6) is 0.904. The fourth-order valence-electron chi connectivity index (χ4n) is 2.43. The van der Waals surface area contributed by atoms with Gasteiger partial charge in [-0.25, -0.2) is 9.97 Å². The van der Waals surface area contributed by atoms with E-state index in [9.17, 15) is 4.79 Å². The van der Waals surface area contributed by atoms with Crippen LogP contribution in [0.1, 0.15) is 28.0 Å². The van der Waals surface area contributed by atoms with Crippen LogP contribution in [0.5, 0.6) is 0 Å². The van der Waals surface area contributed by atoms with Crippen molar-refractivity contribution in [3.63, 3.8) is 0 Å². The van der Waals surface area contributed by atoms with Crippen molar-refractivity contribution in [1.82, 2.24) is 14.9 Å². The maximum atomic E-state index is 12.5. The maximum Gasteiger partial charge on any atom is 0.291 e. The number of nitrogens with one attached hydrogen (secondary N) is 1. The van der Waals surface area contributed by atoms with Crippen molar-refractivity contribution in [3.05, 3.63) is 41.7 Å². The van der Waals surface area contributed by atoms with Crippen LogP contribution < -0.4 is 5.32 Å². The second kappa shape index (κ2) is 6.15. The Bertz CT molecular complexity index is 670. The summed E-state index contributed by atoms with van der Waals surface area (Å²) in [6, 6.07) is 5.70. The number of pyridine rings is 1. The van der Waals surface area contributed by atoms with E-state index in [1.807, 2.05) is 25.2 Å². The zero-order valence-electron chi connectivity index (χ0n) is 12.6. The topological polar surface area (TPSA) is 80.5 Å². The minimum absolute atomic E-state index is 0.159. The second-order valence-corrected chi connectivity index (χ2v) is 5.08. The highest BCUT2D eigenvalue weighted by Gasteiger charge is 2.29. The summed E-state index contributed by atoms with van der Waals surface area (Å²) in [5.41, 5.74) is 1.40. The number of carbonyl (C=O) groups is 1. The highest BCUT2D eigenvalue weighted by molar-refractivity contribution is 5.92. The van der Waals surface area contributed by atoms with Gasteiger partial charge in [0.25, 0.3) is 5.91 Å². The molecule has 22 heavy (non-hydrogen) atoms. The molecule has 0 bridgehead atoms. The summed E-state index contributed by atoms with van der Waals surface area (Å²) in [6.07, 6.45) is 1.05. The molecule has 0 saturated carbocycles. The van der Waals surface area contributed by atoms with Gasteiger partial charge in [-0.2, -0.15) is 0 Å². The summed E-state index contributed by atoms with van der Waals surface area (Å²) < 4.78 is 10.9. The van der Waals surface area contributed by atoms with E-state index in [4.69, 9.17) is 9.15 Å². The van der Waals surface area contributed by atoms with Crippen molar-refractivity contribution in [1.29, 1.82) is 0 Å². The van der Waals surface area contributed by atoms with E-state index < -0.39 is 0 Å². The van der Waals surface area contributed by atoms with E-state index in [1.165, 1.54) is 6.39 Å². The normalized spacial score (nSPS) is 18.3. The van der Waals surface area contributed by atoms with Gasteiger partial charge in [0.15, 0.2) is 6.39 Å². The first-order valence-electron chi connectivity index (χ1n) is 7.14. The van der Waals surface area contributed by atoms with Crippen LogP contribution in [0.3, 0.4) is 0 Å². The van der Waals surface area contributed by atoms with Crippen molar-refractivity contribution in [2.75, 3.05) is 32.1 Å². The third kappa shape index (κ3) is 2.80. The molecular formula is C15H18N4O3. The minimum Gasteiger partial charge on any atom is -0.438 e. The molecule has 7 nitrogen and oxygen atoms in total. The summed E-state index contributed by atoms with van der Waals surface area (Å²) in [7, 11) is 1.82. The molecule has 0 aromatic carbocycles. The van der Waals surface area contributed by atoms with Crippen molar-refractivity contribution < 1.29 is 13.9 Å². The van der Waals surface area contributed by atoms with Gasteiger partial charge in [0.2, 0.25) is 5.76 Å². The first-order chi connectivity index (χ1) is 10.7. The molecule has 116 valence electrons. The van der Waals surface area contributed by atoms with Gasteiger partial charge in [0, 0.05) is 13.6 Å². The molecule has 1 aliphatic heterocycles. The SMILES string of the molecule is CNc1cccc([C@@H]2CN(C(=O)c3ocnc3C)CCO2)n1. The molecule has 1 fully saturated rings. The molecule has 7 heteroatoms. The predicted molar refractivity (Wildman–Crippen MR) is 79.6 cm³/mol. The van der Waals surface area contributed by atoms with Crippen LogP contribution in [0, 0.1) is 6.92 Å². The van der Waals surface area contributed by atoms with Crippen LogP contribution in [0.2, 0.25) is 0 Å². The smallest absolute Gasteiger partial charge is 0.291 e. The average Bonchev–Trinajstić information content (AvgIpc) is 3.00. The highest BCUT2D eigenvalue weighted by atomic mass is 16.5. The van der Waals surface area contributed by atoms with Crippen LogP contribution in [0.15, 0.2) is 29.0 Å². The maximum absolute atomic E-state index is 12.5. The molecule has 2 aromatic heterocycles. The molecule has 1 amide bonds. The third-order valence-corrected chi connectivity index (χ3v) is 3.65. The summed E-state index contributed by atoms with van der Waals surface area (Å²) in [5, 5.41) is 3.00. The Labute approximate surface area is 128 Å². The van der Waals surface area contributed by atoms with Crippen LogP contribution in [0.25, 0.3) is 0 Å². The zero-order chi connectivity index (χ0) is 15.5. The van der Waals surface area contributed by atoms with E-state index in [0.717, 1.165) is 11.5 Å². The number of morpholine rings is 1. The van der Waals surface area contributed by atoms with Gasteiger partial charge in [-0.15, -0.1) is 0 Å². The van der Waals surface area contributed by atoms with Gasteiger partial charge in [0.05, 0.1) is 24.5 Å². The fraction of sp³-hybridized carbons (Fsp3) is 0.400. The van der Waals surface area contributed by atoms with Crippen molar-refractivity contribution in [2.45, 2.75) is 13.0 Å². The number of hydrogen-bond donors (Lipinski definition) is 1. The fourth-order valence-corrected chi connectivity index (χ4v) is 2.43. The molecule has 1 saturated heterocycles. The number of aromatic nitrogens is 2. The summed E-state index contributed by atoms with van der Waals surface area (Å²) in [4.78, 5) is 22.6. The molecule has 1 N–H and O–H groups in total. The van der Waals surface area contributed by atoms with E-state index in [1.54, 1.807) is 11.8 Å². The predicted octanol–water partition coefficient (Wildman–Crippen LogP) is 1.63. The largest absolute Gasteiger partial charge is 0.438 e. The van der Waals surface area contributed by atoms with Crippen LogP contribution in [0.4, 0.5) is 5.82 Å². The van der Waals surface area contributed by atoms with Gasteiger partial charge in [-0.3, -0.25) is 4.79 Å². The lowest BCUT2D eigenvalue weighted by molar-refractivity contribution is -0.0256. The summed E-state index contributed by atoms with van der Waals surface area (Å²) >= 11 is 0. The van der Waals surface area contributed by atoms with Gasteiger partial charge in [-0.05, 0) is 19.1 Å². The Hall–Kier alpha value is -2.41. The van der Waals surface area contributed by atoms with E-state index in [0.29, 0.717) is 25.4 Å². The van der Waals surface area contributed by atoms with Crippen molar-refractivity contribution >= 4 is 11.7 Å². The minimum atomic E-state index is -0.241. The van der Waals surface area contributed by atoms with E-state index in [2.05, 4.69) is 15.3 Å². The quantitative estimate of drug-likeness (QED) is 0.928. The molecule has 0 aliphatic carbocycles. The number of ether oxygens (including phenoxy) is 1. The Morgan fingerprint density at radius 3 is 3.05 bits per heavy atom. The number of amides is 1. The zero-order valence-corrected chi connectivity index (χ0v) is 12.6. The van der Waals surface area contributed by atoms with Crippen molar-refractivity contribution in [3.8, 4) is 0 Å². The number of hydrogen-bond acceptors (Lipinski definition) is 6. The lowest BCUT2D eigenvalue weighted by atomic mass is 10.1. The number of oxazole rings is 1. The molecule has 0 unspecified atom stereocenters. The highest BCUT2D eigenvalue weighted by Crippen LogP contribution is 2.23. The van der Waals surface area contributed by atoms with Gasteiger partial charge in [-0.1, -0.05) is 6.07 Å². The van der Waals surface area contributed by atoms with Gasteiger partial charge in [0.1, 0.15) is 11.9 Å². The van der Waals surface area contributed by atoms with E-state index in [-0.39, 0.29) is 17.8 Å². The molecule has 0 spiro atoms. The molecular weight excluding hydrogens is 284 g/mol. The number of rotatable bonds is 3. The van der Waals surface area contributed by atoms with Crippen LogP contribution in [-0.4, -0.2) is 47.5 Å². The molecule has 1 aliphatic rings. The molecule has 3 rings (SSSR count). The summed E-state index contributed by atoms with van der Waals surface area (Å²) in [6.45, 7) is 3.20. The Morgan fingerprint density at radius 2 is 2.32 bits per heavy atom. The van der Waals surface area contributed by atoms with Gasteiger partial charge < -0.3 is 19.4 Å². The standard InChI is InChI=1S/C15H18N4O3/c1-10-14(22-9-17-10)15(20)19-6-7-21-12(8-19)11-4-3-5-13(16-2)18-11/h3-5,9,12H,6-8H2,1-2H3,(H,16,18)/t12-/m0/s1. The lowest BCUT2D eigenvalue weighted by Gasteiger charge is -2.32.